The topological polar surface area (TPSA) is 362 Å². The zero-order valence-corrected chi connectivity index (χ0v) is 46.0. The van der Waals surface area contributed by atoms with Gasteiger partial charge in [0.1, 0.15) is 48.8 Å². The molecule has 8 rings (SSSR count). The van der Waals surface area contributed by atoms with Crippen LogP contribution in [0.4, 0.5) is 4.79 Å². The molecular formula is C54H97N7O13S. The summed E-state index contributed by atoms with van der Waals surface area (Å²) in [5, 5.41) is 69.0. The molecule has 8 aliphatic rings. The molecule has 0 spiro atoms. The Morgan fingerprint density at radius 1 is 0.760 bits per heavy atom. The SMILES string of the molecule is CC(C)CCCC(C)C1CCC2C3CC=C4CC(OC(=O)NCCSC[C@H]5O[C@@H](O[C@@H]6C(O)[C@H](N)CC(N)[C@@H]6O[C@@H]6CC(CN)[C@H](O)[C@H](O)C6N)C(O)[C@H]5O[C@H]5OC(CN)[C@@H](O)C(O)[C@H]5N)CCC4(C)C3CCC12C. The van der Waals surface area contributed by atoms with Crippen molar-refractivity contribution in [2.75, 3.05) is 31.1 Å². The summed E-state index contributed by atoms with van der Waals surface area (Å²) in [6.07, 6.45) is -1.96. The summed E-state index contributed by atoms with van der Waals surface area (Å²) in [4.78, 5) is 13.3. The first-order chi connectivity index (χ1) is 35.6. The molecule has 15 unspecified atom stereocenters. The molecule has 20 nitrogen and oxygen atoms in total. The van der Waals surface area contributed by atoms with E-state index >= 15 is 0 Å². The summed E-state index contributed by atoms with van der Waals surface area (Å²) in [5.74, 6) is 4.68. The number of aliphatic hydroxyl groups excluding tert-OH is 6. The number of thioether (sulfide) groups is 1. The van der Waals surface area contributed by atoms with Crippen molar-refractivity contribution in [3.05, 3.63) is 11.6 Å². The van der Waals surface area contributed by atoms with Crippen molar-refractivity contribution in [2.45, 2.75) is 234 Å². The maximum absolute atomic E-state index is 13.3. The van der Waals surface area contributed by atoms with Crippen LogP contribution in [0.3, 0.4) is 0 Å². The third-order valence-electron chi connectivity index (χ3n) is 20.1. The summed E-state index contributed by atoms with van der Waals surface area (Å²) >= 11 is 1.41. The minimum Gasteiger partial charge on any atom is -0.446 e. The van der Waals surface area contributed by atoms with Gasteiger partial charge in [0.25, 0.3) is 0 Å². The lowest BCUT2D eigenvalue weighted by molar-refractivity contribution is -0.280. The predicted octanol–water partition coefficient (Wildman–Crippen LogP) is 0.645. The van der Waals surface area contributed by atoms with E-state index in [2.05, 4.69) is 46.0 Å². The van der Waals surface area contributed by atoms with Crippen molar-refractivity contribution in [1.82, 2.24) is 5.32 Å². The molecule has 432 valence electrons. The smallest absolute Gasteiger partial charge is 0.407 e. The van der Waals surface area contributed by atoms with E-state index < -0.39 is 122 Å². The molecule has 27 atom stereocenters. The highest BCUT2D eigenvalue weighted by atomic mass is 32.2. The summed E-state index contributed by atoms with van der Waals surface area (Å²) in [5.41, 5.74) is 39.4. The largest absolute Gasteiger partial charge is 0.446 e. The molecule has 0 radical (unpaired) electrons. The van der Waals surface area contributed by atoms with E-state index in [-0.39, 0.29) is 49.7 Å². The third kappa shape index (κ3) is 12.5. The number of carbonyl (C=O) groups excluding carboxylic acids is 1. The van der Waals surface area contributed by atoms with E-state index in [0.29, 0.717) is 17.1 Å². The highest BCUT2D eigenvalue weighted by Crippen LogP contribution is 2.67. The lowest BCUT2D eigenvalue weighted by Gasteiger charge is -2.58. The second-order valence-corrected chi connectivity index (χ2v) is 26.3. The van der Waals surface area contributed by atoms with E-state index in [1.165, 1.54) is 62.3 Å². The number of fused-ring (bicyclic) bond motifs is 5. The molecule has 75 heavy (non-hydrogen) atoms. The summed E-state index contributed by atoms with van der Waals surface area (Å²) in [7, 11) is 0. The first-order valence-corrected chi connectivity index (χ1v) is 29.8. The van der Waals surface area contributed by atoms with Crippen LogP contribution in [0, 0.1) is 52.3 Å². The van der Waals surface area contributed by atoms with Gasteiger partial charge in [-0.05, 0) is 111 Å². The van der Waals surface area contributed by atoms with Crippen LogP contribution in [0.15, 0.2) is 11.6 Å². The number of allylic oxidation sites excluding steroid dienone is 1. The number of rotatable bonds is 19. The lowest BCUT2D eigenvalue weighted by atomic mass is 9.47. The normalized spacial score (nSPS) is 48.4. The molecule has 2 saturated heterocycles. The Hall–Kier alpha value is -1.32. The van der Waals surface area contributed by atoms with Crippen LogP contribution in [-0.4, -0.2) is 184 Å². The molecule has 2 heterocycles. The average Bonchev–Trinajstić information content (AvgIpc) is 3.91. The van der Waals surface area contributed by atoms with E-state index in [4.69, 9.17) is 62.8 Å². The fourth-order valence-electron chi connectivity index (χ4n) is 15.6. The minimum atomic E-state index is -1.54. The number of nitrogens with two attached hydrogens (primary N) is 6. The molecule has 7 fully saturated rings. The van der Waals surface area contributed by atoms with E-state index in [1.807, 2.05) is 0 Å². The van der Waals surface area contributed by atoms with Crippen molar-refractivity contribution in [3.8, 4) is 0 Å². The summed E-state index contributed by atoms with van der Waals surface area (Å²) < 4.78 is 37.4. The number of aliphatic hydroxyl groups is 6. The van der Waals surface area contributed by atoms with Crippen LogP contribution in [-0.2, 0) is 28.4 Å². The van der Waals surface area contributed by atoms with Crippen molar-refractivity contribution < 1.29 is 63.9 Å². The Morgan fingerprint density at radius 3 is 2.20 bits per heavy atom. The number of hydrogen-bond acceptors (Lipinski definition) is 20. The molecule has 1 amide bonds. The van der Waals surface area contributed by atoms with Crippen LogP contribution in [0.25, 0.3) is 0 Å². The molecule has 2 aliphatic heterocycles. The second kappa shape index (κ2) is 25.2. The van der Waals surface area contributed by atoms with Gasteiger partial charge >= 0.3 is 6.09 Å². The van der Waals surface area contributed by atoms with E-state index in [0.717, 1.165) is 55.3 Å². The van der Waals surface area contributed by atoms with Crippen LogP contribution in [0.1, 0.15) is 118 Å². The molecule has 0 aromatic heterocycles. The number of alkyl carbamates (subject to hydrolysis) is 1. The Bertz CT molecular complexity index is 1900. The number of amides is 1. The van der Waals surface area contributed by atoms with Gasteiger partial charge in [0.2, 0.25) is 0 Å². The van der Waals surface area contributed by atoms with Crippen LogP contribution >= 0.6 is 11.8 Å². The molecule has 0 bridgehead atoms. The Labute approximate surface area is 449 Å². The molecule has 0 aromatic rings. The van der Waals surface area contributed by atoms with E-state index in [1.54, 1.807) is 0 Å². The van der Waals surface area contributed by atoms with Crippen molar-refractivity contribution in [2.24, 2.45) is 86.7 Å². The average molecular weight is 1080 g/mol. The van der Waals surface area contributed by atoms with Gasteiger partial charge in [0.05, 0.1) is 42.6 Å². The van der Waals surface area contributed by atoms with Crippen molar-refractivity contribution >= 4 is 17.9 Å². The monoisotopic (exact) mass is 1080 g/mol. The summed E-state index contributed by atoms with van der Waals surface area (Å²) in [6, 6.07) is -3.88. The van der Waals surface area contributed by atoms with Gasteiger partial charge in [0.15, 0.2) is 12.6 Å². The Morgan fingerprint density at radius 2 is 1.48 bits per heavy atom. The molecule has 21 heteroatoms. The van der Waals surface area contributed by atoms with Crippen LogP contribution in [0.2, 0.25) is 0 Å². The van der Waals surface area contributed by atoms with Gasteiger partial charge in [0, 0.05) is 49.0 Å². The highest BCUT2D eigenvalue weighted by molar-refractivity contribution is 7.99. The Kier molecular flexibility index (Phi) is 20.1. The maximum atomic E-state index is 13.3. The summed E-state index contributed by atoms with van der Waals surface area (Å²) in [6.45, 7) is 12.5. The van der Waals surface area contributed by atoms with Gasteiger partial charge in [-0.2, -0.15) is 11.8 Å². The van der Waals surface area contributed by atoms with Gasteiger partial charge < -0.3 is 98.8 Å². The highest BCUT2D eigenvalue weighted by Gasteiger charge is 2.60. The zero-order chi connectivity index (χ0) is 54.3. The Balaban J connectivity index is 0.859. The standard InChI is InChI=1S/C54H97N7O13S/c1-25(2)7-6-8-26(3)31-11-12-32-30-10-9-28-20-29(13-15-53(28,4)33(30)14-16-54(31,32)5)69-52(68)61-17-18-75-24-38-48(73-50-40(60)45(66)43(64)37(23-56)71-50)46(67)51(72-38)74-49-42(63)34(57)21-35(58)47(49)70-36-19-27(22-55)41(62)44(65)39(36)59/h9,25-27,29-51,62-67H,6-8,10-24,55-60H2,1-5H3,(H,61,68)/t26?,27?,29?,30?,31?,32?,33?,34-,35?,36-,37?,38-,39?,40-,41+,42?,43-,44-,45?,46?,47+,48+,49-,50-,51+,53?,54?/m1/s1. The fourth-order valence-corrected chi connectivity index (χ4v) is 16.5. The predicted molar refractivity (Wildman–Crippen MR) is 283 cm³/mol. The molecule has 5 saturated carbocycles. The molecule has 0 aromatic carbocycles. The van der Waals surface area contributed by atoms with E-state index in [9.17, 15) is 35.4 Å². The van der Waals surface area contributed by atoms with Crippen molar-refractivity contribution in [1.29, 1.82) is 0 Å². The number of carbonyl (C=O) groups is 1. The van der Waals surface area contributed by atoms with Crippen LogP contribution < -0.4 is 39.7 Å². The third-order valence-corrected chi connectivity index (χ3v) is 21.1. The minimum absolute atomic E-state index is 0.0621. The van der Waals surface area contributed by atoms with Gasteiger partial charge in [-0.3, -0.25) is 0 Å². The maximum Gasteiger partial charge on any atom is 0.407 e. The quantitative estimate of drug-likeness (QED) is 0.0624. The zero-order valence-electron chi connectivity index (χ0n) is 45.2. The van der Waals surface area contributed by atoms with Gasteiger partial charge in [-0.15, -0.1) is 0 Å². The number of ether oxygens (including phenoxy) is 6. The number of hydrogen-bond donors (Lipinski definition) is 13. The van der Waals surface area contributed by atoms with Gasteiger partial charge in [-0.25, -0.2) is 4.79 Å². The number of nitrogens with one attached hydrogen (secondary N) is 1. The molecule has 6 aliphatic carbocycles. The van der Waals surface area contributed by atoms with Crippen molar-refractivity contribution in [3.63, 3.8) is 0 Å². The molecular weight excluding hydrogens is 987 g/mol. The van der Waals surface area contributed by atoms with Crippen LogP contribution in [0.5, 0.6) is 0 Å². The lowest BCUT2D eigenvalue weighted by Crippen LogP contribution is -2.67. The van der Waals surface area contributed by atoms with Gasteiger partial charge in [-0.1, -0.05) is 65.5 Å². The fraction of sp³-hybridized carbons (Fsp3) is 0.944. The molecule has 19 N–H and O–H groups in total. The first kappa shape index (κ1) is 59.8. The first-order valence-electron chi connectivity index (χ1n) is 28.6. The second-order valence-electron chi connectivity index (χ2n) is 25.1.